The Balaban J connectivity index is 2.08. The van der Waals surface area contributed by atoms with E-state index < -0.39 is 0 Å². The Morgan fingerprint density at radius 1 is 1.36 bits per heavy atom. The van der Waals surface area contributed by atoms with Gasteiger partial charge in [-0.3, -0.25) is 4.79 Å². The minimum atomic E-state index is -0.359. The summed E-state index contributed by atoms with van der Waals surface area (Å²) in [5, 5.41) is 6.52. The Kier molecular flexibility index (Phi) is 5.90. The van der Waals surface area contributed by atoms with E-state index in [2.05, 4.69) is 10.6 Å². The Bertz CT molecular complexity index is 596. The minimum Gasteiger partial charge on any atom is -0.465 e. The summed E-state index contributed by atoms with van der Waals surface area (Å²) in [4.78, 5) is 24.9. The van der Waals surface area contributed by atoms with Crippen molar-refractivity contribution in [3.8, 4) is 0 Å². The second-order valence-corrected chi connectivity index (χ2v) is 6.67. The van der Waals surface area contributed by atoms with Gasteiger partial charge in [-0.2, -0.15) is 0 Å². The molecular weight excluding hydrogens is 320 g/mol. The first-order valence-corrected chi connectivity index (χ1v) is 8.63. The number of thiophene rings is 1. The van der Waals surface area contributed by atoms with Gasteiger partial charge in [0.15, 0.2) is 5.11 Å². The van der Waals surface area contributed by atoms with Crippen LogP contribution in [0.15, 0.2) is 0 Å². The van der Waals surface area contributed by atoms with Crippen LogP contribution < -0.4 is 10.6 Å². The Morgan fingerprint density at radius 3 is 2.82 bits per heavy atom. The van der Waals surface area contributed by atoms with Gasteiger partial charge in [0.2, 0.25) is 5.91 Å². The number of hydrogen-bond donors (Lipinski definition) is 2. The van der Waals surface area contributed by atoms with Crippen molar-refractivity contribution in [2.75, 3.05) is 12.4 Å². The molecule has 0 atom stereocenters. The van der Waals surface area contributed by atoms with Crippen molar-refractivity contribution < 1.29 is 14.3 Å². The molecule has 2 rings (SSSR count). The van der Waals surface area contributed by atoms with Crippen LogP contribution in [-0.2, 0) is 22.4 Å². The third-order valence-electron chi connectivity index (χ3n) is 3.55. The zero-order chi connectivity index (χ0) is 16.1. The van der Waals surface area contributed by atoms with Crippen molar-refractivity contribution in [1.29, 1.82) is 0 Å². The topological polar surface area (TPSA) is 67.4 Å². The Morgan fingerprint density at radius 2 is 2.14 bits per heavy atom. The normalized spacial score (nSPS) is 12.6. The van der Waals surface area contributed by atoms with Crippen LogP contribution in [0.5, 0.6) is 0 Å². The lowest BCUT2D eigenvalue weighted by Gasteiger charge is -2.10. The van der Waals surface area contributed by atoms with Gasteiger partial charge in [-0.1, -0.05) is 13.3 Å². The molecule has 1 amide bonds. The van der Waals surface area contributed by atoms with Crippen molar-refractivity contribution in [2.45, 2.75) is 45.4 Å². The first-order valence-electron chi connectivity index (χ1n) is 7.40. The van der Waals surface area contributed by atoms with Crippen molar-refractivity contribution in [3.05, 3.63) is 16.0 Å². The van der Waals surface area contributed by atoms with E-state index >= 15 is 0 Å². The van der Waals surface area contributed by atoms with E-state index in [0.29, 0.717) is 17.0 Å². The van der Waals surface area contributed by atoms with E-state index in [1.807, 2.05) is 6.92 Å². The number of rotatable bonds is 5. The van der Waals surface area contributed by atoms with Crippen molar-refractivity contribution >= 4 is 45.5 Å². The van der Waals surface area contributed by atoms with Crippen LogP contribution in [0.4, 0.5) is 5.00 Å². The summed E-state index contributed by atoms with van der Waals surface area (Å²) >= 11 is 6.68. The lowest BCUT2D eigenvalue weighted by atomic mass is 10.1. The van der Waals surface area contributed by atoms with Gasteiger partial charge >= 0.3 is 5.97 Å². The van der Waals surface area contributed by atoms with Gasteiger partial charge in [-0.15, -0.1) is 11.3 Å². The Hall–Kier alpha value is -1.47. The molecule has 5 nitrogen and oxygen atoms in total. The zero-order valence-corrected chi connectivity index (χ0v) is 14.4. The SMILES string of the molecule is CCCCC(=O)NC(=S)Nc1sc2c(c1C(=O)OC)CCC2. The third-order valence-corrected chi connectivity index (χ3v) is 4.96. The molecule has 22 heavy (non-hydrogen) atoms. The fourth-order valence-electron chi connectivity index (χ4n) is 2.47. The van der Waals surface area contributed by atoms with E-state index in [-0.39, 0.29) is 17.0 Å². The lowest BCUT2D eigenvalue weighted by Crippen LogP contribution is -2.34. The van der Waals surface area contributed by atoms with E-state index in [0.717, 1.165) is 37.7 Å². The summed E-state index contributed by atoms with van der Waals surface area (Å²) in [5.41, 5.74) is 1.62. The van der Waals surface area contributed by atoms with Crippen LogP contribution in [0.2, 0.25) is 0 Å². The number of aryl methyl sites for hydroxylation is 1. The minimum absolute atomic E-state index is 0.108. The molecule has 0 radical (unpaired) electrons. The van der Waals surface area contributed by atoms with Gasteiger partial charge in [0.25, 0.3) is 0 Å². The number of thiocarbonyl (C=S) groups is 1. The highest BCUT2D eigenvalue weighted by Crippen LogP contribution is 2.39. The molecule has 0 bridgehead atoms. The van der Waals surface area contributed by atoms with Crippen LogP contribution in [-0.4, -0.2) is 24.1 Å². The smallest absolute Gasteiger partial charge is 0.341 e. The highest BCUT2D eigenvalue weighted by Gasteiger charge is 2.27. The predicted octanol–water partition coefficient (Wildman–Crippen LogP) is 3.03. The molecular formula is C15H20N2O3S2. The average Bonchev–Trinajstić information content (AvgIpc) is 3.04. The van der Waals surface area contributed by atoms with Crippen molar-refractivity contribution in [1.82, 2.24) is 5.32 Å². The molecule has 1 heterocycles. The average molecular weight is 340 g/mol. The maximum Gasteiger partial charge on any atom is 0.341 e. The molecule has 0 aliphatic heterocycles. The van der Waals surface area contributed by atoms with Gasteiger partial charge in [0.05, 0.1) is 12.7 Å². The molecule has 0 saturated carbocycles. The molecule has 0 saturated heterocycles. The van der Waals surface area contributed by atoms with E-state index in [1.165, 1.54) is 23.3 Å². The van der Waals surface area contributed by atoms with Crippen LogP contribution in [0.3, 0.4) is 0 Å². The molecule has 1 aliphatic rings. The molecule has 0 spiro atoms. The first kappa shape index (κ1) is 16.9. The van der Waals surface area contributed by atoms with Crippen LogP contribution in [0, 0.1) is 0 Å². The number of unbranched alkanes of at least 4 members (excludes halogenated alkanes) is 1. The molecule has 1 aromatic rings. The summed E-state index contributed by atoms with van der Waals surface area (Å²) in [6, 6.07) is 0. The van der Waals surface area contributed by atoms with Gasteiger partial charge in [0.1, 0.15) is 5.00 Å². The van der Waals surface area contributed by atoms with Gasteiger partial charge < -0.3 is 15.4 Å². The molecule has 0 unspecified atom stereocenters. The van der Waals surface area contributed by atoms with Gasteiger partial charge in [-0.25, -0.2) is 4.79 Å². The first-order chi connectivity index (χ1) is 10.6. The van der Waals surface area contributed by atoms with Crippen LogP contribution in [0.25, 0.3) is 0 Å². The monoisotopic (exact) mass is 340 g/mol. The molecule has 7 heteroatoms. The number of anilines is 1. The number of nitrogens with one attached hydrogen (secondary N) is 2. The van der Waals surface area contributed by atoms with E-state index in [9.17, 15) is 9.59 Å². The zero-order valence-electron chi connectivity index (χ0n) is 12.8. The quantitative estimate of drug-likeness (QED) is 0.637. The van der Waals surface area contributed by atoms with Crippen LogP contribution >= 0.6 is 23.6 Å². The number of methoxy groups -OCH3 is 1. The maximum atomic E-state index is 12.0. The summed E-state index contributed by atoms with van der Waals surface area (Å²) in [7, 11) is 1.37. The van der Waals surface area contributed by atoms with Crippen molar-refractivity contribution in [2.24, 2.45) is 0 Å². The van der Waals surface area contributed by atoms with Crippen LogP contribution in [0.1, 0.15) is 53.4 Å². The largest absolute Gasteiger partial charge is 0.465 e. The van der Waals surface area contributed by atoms with Gasteiger partial charge in [-0.05, 0) is 43.5 Å². The van der Waals surface area contributed by atoms with E-state index in [4.69, 9.17) is 17.0 Å². The fourth-order valence-corrected chi connectivity index (χ4v) is 4.03. The molecule has 1 aliphatic carbocycles. The number of carbonyl (C=O) groups is 2. The number of carbonyl (C=O) groups excluding carboxylic acids is 2. The number of esters is 1. The second-order valence-electron chi connectivity index (χ2n) is 5.16. The summed E-state index contributed by atoms with van der Waals surface area (Å²) in [6.45, 7) is 2.03. The molecule has 2 N–H and O–H groups in total. The number of hydrogen-bond acceptors (Lipinski definition) is 5. The summed E-state index contributed by atoms with van der Waals surface area (Å²) in [6.07, 6.45) is 5.15. The Labute approximate surface area is 139 Å². The lowest BCUT2D eigenvalue weighted by molar-refractivity contribution is -0.119. The highest BCUT2D eigenvalue weighted by molar-refractivity contribution is 7.80. The standard InChI is InChI=1S/C15H20N2O3S2/c1-3-4-8-11(18)16-15(21)17-13-12(14(19)20-2)9-6-5-7-10(9)22-13/h3-8H2,1-2H3,(H2,16,17,18,21). The van der Waals surface area contributed by atoms with Crippen molar-refractivity contribution in [3.63, 3.8) is 0 Å². The van der Waals surface area contributed by atoms with Gasteiger partial charge in [0, 0.05) is 11.3 Å². The number of fused-ring (bicyclic) bond motifs is 1. The molecule has 0 aromatic carbocycles. The molecule has 120 valence electrons. The maximum absolute atomic E-state index is 12.0. The summed E-state index contributed by atoms with van der Waals surface area (Å²) < 4.78 is 4.87. The van der Waals surface area contributed by atoms with E-state index in [1.54, 1.807) is 0 Å². The number of amides is 1. The molecule has 0 fully saturated rings. The summed E-state index contributed by atoms with van der Waals surface area (Å²) in [5.74, 6) is -0.468. The third kappa shape index (κ3) is 3.84. The fraction of sp³-hybridized carbons (Fsp3) is 0.533. The highest BCUT2D eigenvalue weighted by atomic mass is 32.1. The molecule has 1 aromatic heterocycles. The number of ether oxygens (including phenoxy) is 1. The second kappa shape index (κ2) is 7.69. The predicted molar refractivity (Wildman–Crippen MR) is 91.6 cm³/mol.